The third kappa shape index (κ3) is 6.50. The SMILES string of the molecule is COc1ccc2c(c1)N(CCN1CCC(N)CC1)C(=O)OC2.O=C(O)C(F)(F)F. The van der Waals surface area contributed by atoms with Gasteiger partial charge in [-0.25, -0.2) is 9.59 Å². The number of fused-ring (bicyclic) bond motifs is 1. The molecule has 0 atom stereocenters. The Labute approximate surface area is 166 Å². The van der Waals surface area contributed by atoms with E-state index in [1.807, 2.05) is 18.2 Å². The van der Waals surface area contributed by atoms with E-state index in [0.717, 1.165) is 49.5 Å². The van der Waals surface area contributed by atoms with Gasteiger partial charge in [-0.2, -0.15) is 13.2 Å². The number of carboxylic acids is 1. The first-order valence-corrected chi connectivity index (χ1v) is 9.01. The fraction of sp³-hybridized carbons (Fsp3) is 0.556. The Hall–Kier alpha value is -2.53. The van der Waals surface area contributed by atoms with Crippen LogP contribution in [0, 0.1) is 0 Å². The Balaban J connectivity index is 0.000000370. The van der Waals surface area contributed by atoms with Gasteiger partial charge in [0.1, 0.15) is 12.4 Å². The number of nitrogens with zero attached hydrogens (tertiary/aromatic N) is 2. The first-order valence-electron chi connectivity index (χ1n) is 9.01. The normalized spacial score (nSPS) is 17.7. The number of alkyl halides is 3. The van der Waals surface area contributed by atoms with E-state index in [1.165, 1.54) is 0 Å². The molecule has 0 unspecified atom stereocenters. The van der Waals surface area contributed by atoms with Crippen molar-refractivity contribution in [2.24, 2.45) is 5.73 Å². The van der Waals surface area contributed by atoms with Gasteiger partial charge >= 0.3 is 18.2 Å². The number of aliphatic carboxylic acids is 1. The molecule has 1 fully saturated rings. The Bertz CT molecular complexity index is 721. The number of carboxylic acid groups (broad SMARTS) is 1. The number of hydrogen-bond acceptors (Lipinski definition) is 6. The summed E-state index contributed by atoms with van der Waals surface area (Å²) in [4.78, 5) is 25.1. The number of carbonyl (C=O) groups excluding carboxylic acids is 1. The second-order valence-electron chi connectivity index (χ2n) is 6.68. The van der Waals surface area contributed by atoms with E-state index in [-0.39, 0.29) is 6.09 Å². The molecule has 0 saturated carbocycles. The monoisotopic (exact) mass is 419 g/mol. The predicted octanol–water partition coefficient (Wildman–Crippen LogP) is 2.21. The van der Waals surface area contributed by atoms with Crippen molar-refractivity contribution in [3.8, 4) is 5.75 Å². The lowest BCUT2D eigenvalue weighted by Crippen LogP contribution is -2.45. The minimum Gasteiger partial charge on any atom is -0.497 e. The Kier molecular flexibility index (Phi) is 7.68. The van der Waals surface area contributed by atoms with Crippen molar-refractivity contribution < 1.29 is 37.3 Å². The molecule has 2 aliphatic heterocycles. The standard InChI is InChI=1S/C16H23N3O3.C2HF3O2/c1-21-14-3-2-12-11-22-16(20)19(15(12)10-14)9-8-18-6-4-13(17)5-7-18;3-2(4,5)1(6)7/h2-3,10,13H,4-9,11,17H2,1H3;(H,6,7). The van der Waals surface area contributed by atoms with Gasteiger partial charge in [0.05, 0.1) is 12.8 Å². The van der Waals surface area contributed by atoms with Crippen LogP contribution in [-0.2, 0) is 16.1 Å². The van der Waals surface area contributed by atoms with Crippen LogP contribution in [0.3, 0.4) is 0 Å². The molecule has 162 valence electrons. The van der Waals surface area contributed by atoms with E-state index in [4.69, 9.17) is 25.1 Å². The van der Waals surface area contributed by atoms with Crippen LogP contribution in [0.2, 0.25) is 0 Å². The number of anilines is 1. The van der Waals surface area contributed by atoms with Crippen molar-refractivity contribution in [2.75, 3.05) is 38.2 Å². The van der Waals surface area contributed by atoms with Crippen molar-refractivity contribution in [3.63, 3.8) is 0 Å². The van der Waals surface area contributed by atoms with E-state index < -0.39 is 12.1 Å². The van der Waals surface area contributed by atoms with Crippen LogP contribution in [0.1, 0.15) is 18.4 Å². The van der Waals surface area contributed by atoms with Gasteiger partial charge in [-0.1, -0.05) is 0 Å². The van der Waals surface area contributed by atoms with Gasteiger partial charge in [-0.15, -0.1) is 0 Å². The molecular formula is C18H24F3N3O5. The number of likely N-dealkylation sites (tertiary alicyclic amines) is 1. The molecule has 0 aliphatic carbocycles. The highest BCUT2D eigenvalue weighted by Gasteiger charge is 2.38. The zero-order chi connectivity index (χ0) is 21.6. The number of halogens is 3. The summed E-state index contributed by atoms with van der Waals surface area (Å²) >= 11 is 0. The lowest BCUT2D eigenvalue weighted by atomic mass is 10.1. The van der Waals surface area contributed by atoms with Crippen LogP contribution >= 0.6 is 0 Å². The Morgan fingerprint density at radius 3 is 2.48 bits per heavy atom. The zero-order valence-corrected chi connectivity index (χ0v) is 15.9. The Morgan fingerprint density at radius 1 is 1.31 bits per heavy atom. The predicted molar refractivity (Wildman–Crippen MR) is 97.9 cm³/mol. The van der Waals surface area contributed by atoms with E-state index >= 15 is 0 Å². The number of amides is 1. The molecule has 1 aromatic rings. The third-order valence-corrected chi connectivity index (χ3v) is 4.67. The number of hydrogen-bond donors (Lipinski definition) is 2. The molecule has 11 heteroatoms. The second-order valence-corrected chi connectivity index (χ2v) is 6.68. The summed E-state index contributed by atoms with van der Waals surface area (Å²) in [6, 6.07) is 6.07. The summed E-state index contributed by atoms with van der Waals surface area (Å²) in [6.07, 6.45) is -3.32. The maximum absolute atomic E-state index is 12.1. The molecule has 29 heavy (non-hydrogen) atoms. The topological polar surface area (TPSA) is 105 Å². The highest BCUT2D eigenvalue weighted by molar-refractivity contribution is 5.90. The molecule has 1 amide bonds. The number of rotatable bonds is 4. The number of methoxy groups -OCH3 is 1. The van der Waals surface area contributed by atoms with Crippen molar-refractivity contribution in [1.82, 2.24) is 4.90 Å². The van der Waals surface area contributed by atoms with Gasteiger partial charge in [0.25, 0.3) is 0 Å². The largest absolute Gasteiger partial charge is 0.497 e. The molecule has 1 saturated heterocycles. The fourth-order valence-corrected chi connectivity index (χ4v) is 2.99. The minimum absolute atomic E-state index is 0.283. The van der Waals surface area contributed by atoms with Gasteiger partial charge in [0.2, 0.25) is 0 Å². The van der Waals surface area contributed by atoms with E-state index in [2.05, 4.69) is 4.90 Å². The summed E-state index contributed by atoms with van der Waals surface area (Å²) in [7, 11) is 1.63. The molecule has 8 nitrogen and oxygen atoms in total. The van der Waals surface area contributed by atoms with Gasteiger partial charge in [0, 0.05) is 30.8 Å². The fourth-order valence-electron chi connectivity index (χ4n) is 2.99. The highest BCUT2D eigenvalue weighted by atomic mass is 19.4. The number of nitrogens with two attached hydrogens (primary N) is 1. The van der Waals surface area contributed by atoms with Crippen molar-refractivity contribution in [2.45, 2.75) is 31.7 Å². The van der Waals surface area contributed by atoms with E-state index in [9.17, 15) is 18.0 Å². The molecule has 3 rings (SSSR count). The van der Waals surface area contributed by atoms with Crippen LogP contribution in [0.5, 0.6) is 5.75 Å². The van der Waals surface area contributed by atoms with Gasteiger partial charge in [0.15, 0.2) is 0 Å². The van der Waals surface area contributed by atoms with Gasteiger partial charge < -0.3 is 25.2 Å². The number of piperidine rings is 1. The first-order chi connectivity index (χ1) is 13.6. The number of cyclic esters (lactones) is 1. The molecular weight excluding hydrogens is 395 g/mol. The maximum Gasteiger partial charge on any atom is 0.490 e. The average Bonchev–Trinajstić information content (AvgIpc) is 2.68. The molecule has 2 aliphatic rings. The first kappa shape index (κ1) is 22.8. The summed E-state index contributed by atoms with van der Waals surface area (Å²) in [5.74, 6) is -2.00. The van der Waals surface area contributed by atoms with Gasteiger partial charge in [-0.3, -0.25) is 4.90 Å². The van der Waals surface area contributed by atoms with Crippen LogP contribution < -0.4 is 15.4 Å². The molecule has 3 N–H and O–H groups in total. The van der Waals surface area contributed by atoms with Crippen molar-refractivity contribution in [1.29, 1.82) is 0 Å². The van der Waals surface area contributed by atoms with Crippen molar-refractivity contribution >= 4 is 17.7 Å². The van der Waals surface area contributed by atoms with Crippen LogP contribution in [0.15, 0.2) is 18.2 Å². The summed E-state index contributed by atoms with van der Waals surface area (Å²) in [5, 5.41) is 7.12. The smallest absolute Gasteiger partial charge is 0.490 e. The quantitative estimate of drug-likeness (QED) is 0.771. The molecule has 0 aromatic heterocycles. The molecule has 0 radical (unpaired) electrons. The van der Waals surface area contributed by atoms with E-state index in [0.29, 0.717) is 19.2 Å². The average molecular weight is 419 g/mol. The summed E-state index contributed by atoms with van der Waals surface area (Å²) < 4.78 is 42.3. The van der Waals surface area contributed by atoms with E-state index in [1.54, 1.807) is 12.0 Å². The Morgan fingerprint density at radius 2 is 1.93 bits per heavy atom. The van der Waals surface area contributed by atoms with Crippen LogP contribution in [0.4, 0.5) is 23.7 Å². The lowest BCUT2D eigenvalue weighted by Gasteiger charge is -2.34. The highest BCUT2D eigenvalue weighted by Crippen LogP contribution is 2.30. The zero-order valence-electron chi connectivity index (χ0n) is 15.9. The van der Waals surface area contributed by atoms with Gasteiger partial charge in [-0.05, 0) is 38.1 Å². The maximum atomic E-state index is 12.1. The molecule has 2 heterocycles. The molecule has 1 aromatic carbocycles. The lowest BCUT2D eigenvalue weighted by molar-refractivity contribution is -0.192. The minimum atomic E-state index is -5.08. The van der Waals surface area contributed by atoms with Crippen molar-refractivity contribution in [3.05, 3.63) is 23.8 Å². The number of carbonyl (C=O) groups is 2. The molecule has 0 spiro atoms. The second kappa shape index (κ2) is 9.79. The number of benzene rings is 1. The van der Waals surface area contributed by atoms with Crippen LogP contribution in [0.25, 0.3) is 0 Å². The van der Waals surface area contributed by atoms with Crippen LogP contribution in [-0.4, -0.2) is 67.6 Å². The number of ether oxygens (including phenoxy) is 2. The summed E-state index contributed by atoms with van der Waals surface area (Å²) in [6.45, 7) is 3.77. The summed E-state index contributed by atoms with van der Waals surface area (Å²) in [5.41, 5.74) is 7.84. The molecule has 0 bridgehead atoms. The third-order valence-electron chi connectivity index (χ3n) is 4.67.